The molecule has 0 unspecified atom stereocenters. The lowest BCUT2D eigenvalue weighted by Crippen LogP contribution is -2.26. The lowest BCUT2D eigenvalue weighted by molar-refractivity contribution is -0.286. The maximum absolute atomic E-state index is 13.3. The average Bonchev–Trinajstić information content (AvgIpc) is 3.00. The Hall–Kier alpha value is -3.20. The van der Waals surface area contributed by atoms with Crippen LogP contribution < -0.4 is 14.8 Å². The van der Waals surface area contributed by atoms with Gasteiger partial charge in [0.2, 0.25) is 0 Å². The number of benzene rings is 1. The second-order valence-electron chi connectivity index (χ2n) is 7.37. The van der Waals surface area contributed by atoms with E-state index >= 15 is 0 Å². The molecule has 0 atom stereocenters. The third-order valence-corrected chi connectivity index (χ3v) is 5.12. The highest BCUT2D eigenvalue weighted by Crippen LogP contribution is 2.44. The van der Waals surface area contributed by atoms with E-state index in [2.05, 4.69) is 24.8 Å². The van der Waals surface area contributed by atoms with E-state index in [-0.39, 0.29) is 23.0 Å². The molecule has 0 saturated carbocycles. The number of halogens is 3. The second-order valence-corrected chi connectivity index (χ2v) is 7.75. The van der Waals surface area contributed by atoms with Crippen LogP contribution in [0.5, 0.6) is 11.5 Å². The maximum atomic E-state index is 13.3. The molecule has 1 aromatic heterocycles. The summed E-state index contributed by atoms with van der Waals surface area (Å²) in [7, 11) is 3.44. The van der Waals surface area contributed by atoms with E-state index in [1.54, 1.807) is 25.9 Å². The van der Waals surface area contributed by atoms with Crippen molar-refractivity contribution in [1.82, 2.24) is 14.9 Å². The zero-order chi connectivity index (χ0) is 23.6. The van der Waals surface area contributed by atoms with Crippen LogP contribution in [-0.4, -0.2) is 41.2 Å². The number of hydrogen-bond donors (Lipinski definition) is 1. The summed E-state index contributed by atoms with van der Waals surface area (Å²) in [6.45, 7) is 5.55. The highest BCUT2D eigenvalue weighted by Gasteiger charge is 2.43. The van der Waals surface area contributed by atoms with Gasteiger partial charge in [0.15, 0.2) is 17.3 Å². The monoisotopic (exact) mass is 464 g/mol. The van der Waals surface area contributed by atoms with Crippen LogP contribution in [-0.2, 0) is 4.79 Å². The molecular weight excluding hydrogens is 442 g/mol. The van der Waals surface area contributed by atoms with Gasteiger partial charge < -0.3 is 19.7 Å². The molecule has 1 aromatic carbocycles. The summed E-state index contributed by atoms with van der Waals surface area (Å²) in [5.41, 5.74) is 2.70. The smallest absolute Gasteiger partial charge is 0.395 e. The Morgan fingerprint density at radius 2 is 1.88 bits per heavy atom. The summed E-state index contributed by atoms with van der Waals surface area (Å²) in [6, 6.07) is 2.87. The summed E-state index contributed by atoms with van der Waals surface area (Å²) >= 11 is 6.42. The van der Waals surface area contributed by atoms with Crippen molar-refractivity contribution in [2.24, 2.45) is 0 Å². The van der Waals surface area contributed by atoms with Crippen molar-refractivity contribution in [3.05, 3.63) is 52.5 Å². The molecule has 1 aliphatic rings. The fourth-order valence-electron chi connectivity index (χ4n) is 3.16. The van der Waals surface area contributed by atoms with Gasteiger partial charge in [-0.25, -0.2) is 4.98 Å². The van der Waals surface area contributed by atoms with E-state index in [0.717, 1.165) is 12.0 Å². The molecule has 0 radical (unpaired) electrons. The van der Waals surface area contributed by atoms with E-state index < -0.39 is 12.2 Å². The number of aryl methyl sites for hydroxylation is 1. The molecule has 0 saturated heterocycles. The number of ether oxygens (including phenoxy) is 2. The number of carbonyl (C=O) groups is 1. The minimum absolute atomic E-state index is 0.0413. The third kappa shape index (κ3) is 4.99. The van der Waals surface area contributed by atoms with Crippen LogP contribution in [0.2, 0.25) is 0 Å². The molecule has 10 heteroatoms. The second kappa shape index (κ2) is 9.12. The number of allylic oxidation sites excluding steroid dienone is 3. The predicted octanol–water partition coefficient (Wildman–Crippen LogP) is 5.08. The topological polar surface area (TPSA) is 76.6 Å². The van der Waals surface area contributed by atoms with Crippen molar-refractivity contribution in [1.29, 1.82) is 0 Å². The molecule has 0 aliphatic carbocycles. The number of nitrogens with zero attached hydrogens (tertiary/aromatic N) is 3. The zero-order valence-corrected chi connectivity index (χ0v) is 19.1. The van der Waals surface area contributed by atoms with Gasteiger partial charge in [-0.2, -0.15) is 0 Å². The van der Waals surface area contributed by atoms with Gasteiger partial charge >= 0.3 is 6.29 Å². The summed E-state index contributed by atoms with van der Waals surface area (Å²) in [5.74, 6) is -0.349. The van der Waals surface area contributed by atoms with E-state index in [1.807, 2.05) is 19.9 Å². The van der Waals surface area contributed by atoms with Gasteiger partial charge in [-0.15, -0.1) is 8.78 Å². The first-order valence-electron chi connectivity index (χ1n) is 9.81. The Labute approximate surface area is 189 Å². The lowest BCUT2D eigenvalue weighted by Gasteiger charge is -2.19. The molecule has 32 heavy (non-hydrogen) atoms. The van der Waals surface area contributed by atoms with Gasteiger partial charge in [0.25, 0.3) is 5.91 Å². The highest BCUT2D eigenvalue weighted by molar-refractivity contribution is 6.34. The highest BCUT2D eigenvalue weighted by atomic mass is 35.5. The Morgan fingerprint density at radius 1 is 1.22 bits per heavy atom. The number of anilines is 1. The normalized spacial score (nSPS) is 15.3. The summed E-state index contributed by atoms with van der Waals surface area (Å²) in [6.07, 6.45) is 1.82. The number of likely N-dealkylation sites (N-methyl/N-ethyl adjacent to an activating group) is 1. The van der Waals surface area contributed by atoms with E-state index in [0.29, 0.717) is 21.9 Å². The maximum Gasteiger partial charge on any atom is 0.586 e. The first-order valence-corrected chi connectivity index (χ1v) is 10.2. The fraction of sp³-hybridized carbons (Fsp3) is 0.318. The lowest BCUT2D eigenvalue weighted by atomic mass is 10.1. The quantitative estimate of drug-likeness (QED) is 0.474. The number of nitrogens with one attached hydrogen (secondary N) is 1. The average molecular weight is 465 g/mol. The molecule has 170 valence electrons. The third-order valence-electron chi connectivity index (χ3n) is 4.64. The Balaban J connectivity index is 1.83. The van der Waals surface area contributed by atoms with Crippen molar-refractivity contribution in [2.45, 2.75) is 33.5 Å². The number of hydrogen-bond acceptors (Lipinski definition) is 6. The van der Waals surface area contributed by atoms with Gasteiger partial charge in [0, 0.05) is 19.7 Å². The predicted molar refractivity (Wildman–Crippen MR) is 118 cm³/mol. The molecule has 2 heterocycles. The van der Waals surface area contributed by atoms with Gasteiger partial charge in [-0.3, -0.25) is 9.78 Å². The first kappa shape index (κ1) is 23.5. The standard InChI is InChI=1S/C22H23ClF2N4O3/c1-6-7-12(2)19(23)20(29(4)5)21(30)28-18-11-26-15(10-27-18)14-9-17-16(8-13(14)3)31-22(24,25)32-17/h7-11H,6H2,1-5H3,(H,27,28,30)/b12-7+,20-19+. The molecule has 3 rings (SSSR count). The largest absolute Gasteiger partial charge is 0.586 e. The number of alkyl halides is 2. The summed E-state index contributed by atoms with van der Waals surface area (Å²) in [5, 5.41) is 3.02. The summed E-state index contributed by atoms with van der Waals surface area (Å²) in [4.78, 5) is 23.0. The molecule has 2 aromatic rings. The van der Waals surface area contributed by atoms with E-state index in [4.69, 9.17) is 11.6 Å². The van der Waals surface area contributed by atoms with Crippen LogP contribution >= 0.6 is 11.6 Å². The van der Waals surface area contributed by atoms with E-state index in [1.165, 1.54) is 24.5 Å². The minimum atomic E-state index is -3.70. The Morgan fingerprint density at radius 3 is 2.44 bits per heavy atom. The van der Waals surface area contributed by atoms with Crippen molar-refractivity contribution in [3.63, 3.8) is 0 Å². The Bertz CT molecular complexity index is 1100. The van der Waals surface area contributed by atoms with Crippen LogP contribution in [0.25, 0.3) is 11.3 Å². The number of rotatable bonds is 6. The van der Waals surface area contributed by atoms with Crippen molar-refractivity contribution in [3.8, 4) is 22.8 Å². The Kier molecular flexibility index (Phi) is 6.68. The van der Waals surface area contributed by atoms with E-state index in [9.17, 15) is 13.6 Å². The molecule has 1 N–H and O–H groups in total. The molecule has 7 nitrogen and oxygen atoms in total. The molecule has 1 amide bonds. The van der Waals surface area contributed by atoms with Crippen LogP contribution in [0.3, 0.4) is 0 Å². The molecule has 0 fully saturated rings. The number of amides is 1. The van der Waals surface area contributed by atoms with Gasteiger partial charge in [-0.05, 0) is 43.5 Å². The molecule has 1 aliphatic heterocycles. The summed E-state index contributed by atoms with van der Waals surface area (Å²) < 4.78 is 35.6. The minimum Gasteiger partial charge on any atom is -0.395 e. The van der Waals surface area contributed by atoms with Crippen LogP contribution in [0.4, 0.5) is 14.6 Å². The SMILES string of the molecule is CC/C=C(C)/C(Cl)=C(/C(=O)Nc1cnc(-c2cc3c(cc2C)OC(F)(F)O3)cn1)N(C)C. The van der Waals surface area contributed by atoms with Crippen molar-refractivity contribution in [2.75, 3.05) is 19.4 Å². The molecular formula is C22H23ClF2N4O3. The number of aromatic nitrogens is 2. The molecule has 0 bridgehead atoms. The number of fused-ring (bicyclic) bond motifs is 1. The number of carbonyl (C=O) groups excluding carboxylic acids is 1. The van der Waals surface area contributed by atoms with Crippen LogP contribution in [0.1, 0.15) is 25.8 Å². The molecule has 0 spiro atoms. The van der Waals surface area contributed by atoms with Crippen molar-refractivity contribution >= 4 is 23.3 Å². The van der Waals surface area contributed by atoms with Gasteiger partial charge in [-0.1, -0.05) is 24.6 Å². The van der Waals surface area contributed by atoms with Crippen LogP contribution in [0, 0.1) is 6.92 Å². The van der Waals surface area contributed by atoms with Crippen LogP contribution in [0.15, 0.2) is 46.9 Å². The van der Waals surface area contributed by atoms with Crippen molar-refractivity contribution < 1.29 is 23.0 Å². The van der Waals surface area contributed by atoms with Gasteiger partial charge in [0.05, 0.1) is 23.1 Å². The van der Waals surface area contributed by atoms with Gasteiger partial charge in [0.1, 0.15) is 5.70 Å². The fourth-order valence-corrected chi connectivity index (χ4v) is 3.49. The first-order chi connectivity index (χ1) is 15.0. The zero-order valence-electron chi connectivity index (χ0n) is 18.3.